The highest BCUT2D eigenvalue weighted by molar-refractivity contribution is 5.91. The van der Waals surface area contributed by atoms with E-state index in [-0.39, 0.29) is 24.4 Å². The number of rotatable bonds is 3. The molecule has 1 aromatic carbocycles. The first-order valence-electron chi connectivity index (χ1n) is 8.45. The number of amides is 1. The van der Waals surface area contributed by atoms with Gasteiger partial charge in [0.25, 0.3) is 0 Å². The van der Waals surface area contributed by atoms with Crippen molar-refractivity contribution in [2.45, 2.75) is 18.2 Å². The van der Waals surface area contributed by atoms with Crippen LogP contribution in [-0.4, -0.2) is 83.6 Å². The van der Waals surface area contributed by atoms with Crippen molar-refractivity contribution < 1.29 is 24.1 Å². The molecule has 0 unspecified atom stereocenters. The normalized spacial score (nSPS) is 28.4. The van der Waals surface area contributed by atoms with E-state index in [0.717, 1.165) is 0 Å². The van der Waals surface area contributed by atoms with Crippen molar-refractivity contribution in [1.82, 2.24) is 9.80 Å². The number of benzene rings is 1. The molecule has 2 fully saturated rings. The number of aliphatic hydroxyl groups excluding tert-OH is 2. The first-order chi connectivity index (χ1) is 12.1. The number of nitrogens with zero attached hydrogens (tertiary/aromatic N) is 2. The minimum absolute atomic E-state index is 0.150. The number of carbonyl (C=O) groups excluding carboxylic acids is 1. The standard InChI is InChI=1S/C18H23FN2O4/c19-14-4-2-1-3-13(14)5-6-17(23)21-9-7-20(8-10-21)15-11-25-12-16(22)18(15)24/h1-6,15-16,18,22,24H,7-12H2/b6-5+/t15-,16-,18+/m1/s1. The van der Waals surface area contributed by atoms with Gasteiger partial charge in [-0.3, -0.25) is 9.69 Å². The van der Waals surface area contributed by atoms with Crippen LogP contribution in [-0.2, 0) is 9.53 Å². The summed E-state index contributed by atoms with van der Waals surface area (Å²) in [7, 11) is 0. The van der Waals surface area contributed by atoms with Crippen LogP contribution in [0.1, 0.15) is 5.56 Å². The van der Waals surface area contributed by atoms with Crippen molar-refractivity contribution in [3.05, 3.63) is 41.7 Å². The van der Waals surface area contributed by atoms with Crippen LogP contribution < -0.4 is 0 Å². The SMILES string of the molecule is O=C(/C=C/c1ccccc1F)N1CCN([C@@H]2COC[C@@H](O)[C@H]2O)CC1. The second-order valence-corrected chi connectivity index (χ2v) is 6.38. The Balaban J connectivity index is 1.53. The lowest BCUT2D eigenvalue weighted by Gasteiger charge is -2.43. The van der Waals surface area contributed by atoms with Crippen molar-refractivity contribution in [2.75, 3.05) is 39.4 Å². The maximum atomic E-state index is 13.6. The lowest BCUT2D eigenvalue weighted by atomic mass is 10.0. The number of ether oxygens (including phenoxy) is 1. The molecule has 3 atom stereocenters. The zero-order valence-corrected chi connectivity index (χ0v) is 13.9. The highest BCUT2D eigenvalue weighted by Crippen LogP contribution is 2.17. The summed E-state index contributed by atoms with van der Waals surface area (Å²) in [5.41, 5.74) is 0.381. The Morgan fingerprint density at radius 3 is 2.60 bits per heavy atom. The molecule has 25 heavy (non-hydrogen) atoms. The third-order valence-electron chi connectivity index (χ3n) is 4.77. The van der Waals surface area contributed by atoms with E-state index >= 15 is 0 Å². The lowest BCUT2D eigenvalue weighted by molar-refractivity contribution is -0.142. The maximum absolute atomic E-state index is 13.6. The monoisotopic (exact) mass is 350 g/mol. The number of hydrogen-bond acceptors (Lipinski definition) is 5. The van der Waals surface area contributed by atoms with Crippen molar-refractivity contribution in [3.63, 3.8) is 0 Å². The van der Waals surface area contributed by atoms with E-state index in [1.54, 1.807) is 23.1 Å². The number of piperazine rings is 1. The van der Waals surface area contributed by atoms with Gasteiger partial charge in [-0.2, -0.15) is 0 Å². The molecule has 0 aromatic heterocycles. The Hall–Kier alpha value is -1.80. The molecule has 2 aliphatic rings. The van der Waals surface area contributed by atoms with Crippen LogP contribution in [0.5, 0.6) is 0 Å². The molecule has 2 N–H and O–H groups in total. The molecule has 0 radical (unpaired) electrons. The largest absolute Gasteiger partial charge is 0.389 e. The van der Waals surface area contributed by atoms with Gasteiger partial charge in [-0.05, 0) is 12.1 Å². The predicted molar refractivity (Wildman–Crippen MR) is 90.2 cm³/mol. The van der Waals surface area contributed by atoms with E-state index in [4.69, 9.17) is 4.74 Å². The third-order valence-corrected chi connectivity index (χ3v) is 4.77. The number of aliphatic hydroxyl groups is 2. The minimum atomic E-state index is -0.873. The molecule has 6 nitrogen and oxygen atoms in total. The van der Waals surface area contributed by atoms with Gasteiger partial charge < -0.3 is 19.8 Å². The smallest absolute Gasteiger partial charge is 0.246 e. The first-order valence-corrected chi connectivity index (χ1v) is 8.45. The molecule has 2 aliphatic heterocycles. The van der Waals surface area contributed by atoms with Crippen molar-refractivity contribution in [1.29, 1.82) is 0 Å². The van der Waals surface area contributed by atoms with E-state index in [2.05, 4.69) is 0 Å². The first kappa shape index (κ1) is 18.0. The molecule has 1 aromatic rings. The summed E-state index contributed by atoms with van der Waals surface area (Å²) in [5.74, 6) is -0.524. The van der Waals surface area contributed by atoms with Gasteiger partial charge in [-0.1, -0.05) is 18.2 Å². The van der Waals surface area contributed by atoms with Gasteiger partial charge in [0.2, 0.25) is 5.91 Å². The Labute approximate surface area is 146 Å². The molecule has 0 saturated carbocycles. The summed E-state index contributed by atoms with van der Waals surface area (Å²) in [6.45, 7) is 2.74. The van der Waals surface area contributed by atoms with Crippen LogP contribution in [0.25, 0.3) is 6.08 Å². The average Bonchev–Trinajstić information content (AvgIpc) is 2.63. The fourth-order valence-electron chi connectivity index (χ4n) is 3.24. The van der Waals surface area contributed by atoms with Crippen LogP contribution >= 0.6 is 0 Å². The van der Waals surface area contributed by atoms with Gasteiger partial charge in [-0.15, -0.1) is 0 Å². The molecule has 0 aliphatic carbocycles. The highest BCUT2D eigenvalue weighted by Gasteiger charge is 2.36. The number of hydrogen-bond donors (Lipinski definition) is 2. The van der Waals surface area contributed by atoms with Gasteiger partial charge in [-0.25, -0.2) is 4.39 Å². The van der Waals surface area contributed by atoms with Crippen molar-refractivity contribution >= 4 is 12.0 Å². The topological polar surface area (TPSA) is 73.2 Å². The molecule has 0 spiro atoms. The molecular weight excluding hydrogens is 327 g/mol. The molecule has 1 amide bonds. The summed E-state index contributed by atoms with van der Waals surface area (Å²) in [6, 6.07) is 6.04. The number of carbonyl (C=O) groups is 1. The van der Waals surface area contributed by atoms with Gasteiger partial charge >= 0.3 is 0 Å². The fraction of sp³-hybridized carbons (Fsp3) is 0.500. The molecular formula is C18H23FN2O4. The number of halogens is 1. The van der Waals surface area contributed by atoms with E-state index in [9.17, 15) is 19.4 Å². The summed E-state index contributed by atoms with van der Waals surface area (Å²) >= 11 is 0. The summed E-state index contributed by atoms with van der Waals surface area (Å²) in [4.78, 5) is 16.0. The Morgan fingerprint density at radius 1 is 1.16 bits per heavy atom. The van der Waals surface area contributed by atoms with Crippen LogP contribution in [0.3, 0.4) is 0 Å². The zero-order valence-electron chi connectivity index (χ0n) is 13.9. The third kappa shape index (κ3) is 4.24. The fourth-order valence-corrected chi connectivity index (χ4v) is 3.24. The quantitative estimate of drug-likeness (QED) is 0.757. The molecule has 136 valence electrons. The van der Waals surface area contributed by atoms with Crippen molar-refractivity contribution in [2.24, 2.45) is 0 Å². The van der Waals surface area contributed by atoms with Crippen LogP contribution in [0.4, 0.5) is 4.39 Å². The van der Waals surface area contributed by atoms with E-state index in [1.165, 1.54) is 18.2 Å². The Bertz CT molecular complexity index is 631. The molecule has 7 heteroatoms. The summed E-state index contributed by atoms with van der Waals surface area (Å²) in [5, 5.41) is 19.8. The summed E-state index contributed by atoms with van der Waals surface area (Å²) in [6.07, 6.45) is 1.16. The highest BCUT2D eigenvalue weighted by atomic mass is 19.1. The zero-order chi connectivity index (χ0) is 17.8. The summed E-state index contributed by atoms with van der Waals surface area (Å²) < 4.78 is 18.9. The van der Waals surface area contributed by atoms with Gasteiger partial charge in [0.1, 0.15) is 11.9 Å². The molecule has 2 heterocycles. The predicted octanol–water partition coefficient (Wildman–Crippen LogP) is 0.104. The van der Waals surface area contributed by atoms with Gasteiger partial charge in [0, 0.05) is 37.8 Å². The second kappa shape index (κ2) is 8.05. The van der Waals surface area contributed by atoms with Crippen LogP contribution in [0, 0.1) is 5.82 Å². The van der Waals surface area contributed by atoms with E-state index in [0.29, 0.717) is 38.3 Å². The van der Waals surface area contributed by atoms with Crippen LogP contribution in [0.15, 0.2) is 30.3 Å². The average molecular weight is 350 g/mol. The van der Waals surface area contributed by atoms with Crippen molar-refractivity contribution in [3.8, 4) is 0 Å². The second-order valence-electron chi connectivity index (χ2n) is 6.38. The maximum Gasteiger partial charge on any atom is 0.246 e. The molecule has 2 saturated heterocycles. The van der Waals surface area contributed by atoms with Gasteiger partial charge in [0.05, 0.1) is 25.4 Å². The van der Waals surface area contributed by atoms with Crippen LogP contribution in [0.2, 0.25) is 0 Å². The van der Waals surface area contributed by atoms with Gasteiger partial charge in [0.15, 0.2) is 0 Å². The minimum Gasteiger partial charge on any atom is -0.389 e. The van der Waals surface area contributed by atoms with E-state index in [1.807, 2.05) is 4.90 Å². The Kier molecular flexibility index (Phi) is 5.80. The van der Waals surface area contributed by atoms with E-state index < -0.39 is 12.2 Å². The molecule has 0 bridgehead atoms. The Morgan fingerprint density at radius 2 is 1.88 bits per heavy atom. The lowest BCUT2D eigenvalue weighted by Crippen LogP contribution is -2.60. The molecule has 3 rings (SSSR count).